The fraction of sp³-hybridized carbons (Fsp3) is 0.462. The molecule has 2 aromatic rings. The minimum atomic E-state index is -0.893. The lowest BCUT2D eigenvalue weighted by atomic mass is 10.0. The zero-order valence-electron chi connectivity index (χ0n) is 19.1. The summed E-state index contributed by atoms with van der Waals surface area (Å²) in [4.78, 5) is 2.43. The number of aliphatic hydroxyl groups excluding tert-OH is 1. The normalized spacial score (nSPS) is 14.3. The second kappa shape index (κ2) is 10.1. The van der Waals surface area contributed by atoms with Crippen molar-refractivity contribution >= 4 is 11.4 Å². The van der Waals surface area contributed by atoms with Gasteiger partial charge in [-0.05, 0) is 113 Å². The van der Waals surface area contributed by atoms with Crippen molar-refractivity contribution in [3.05, 3.63) is 70.8 Å². The molecule has 0 saturated carbocycles. The molecule has 3 atom stereocenters. The van der Waals surface area contributed by atoms with Gasteiger partial charge in [-0.3, -0.25) is 0 Å². The van der Waals surface area contributed by atoms with E-state index in [1.165, 1.54) is 33.6 Å². The van der Waals surface area contributed by atoms with Gasteiger partial charge in [-0.25, -0.2) is 0 Å². The number of aryl methyl sites for hydroxylation is 4. The van der Waals surface area contributed by atoms with Gasteiger partial charge in [0.2, 0.25) is 0 Å². The highest BCUT2D eigenvalue weighted by Crippen LogP contribution is 2.32. The molecule has 0 spiro atoms. The predicted molar refractivity (Wildman–Crippen MR) is 124 cm³/mol. The molecule has 2 aromatic carbocycles. The van der Waals surface area contributed by atoms with E-state index in [9.17, 15) is 5.11 Å². The van der Waals surface area contributed by atoms with Gasteiger partial charge in [-0.1, -0.05) is 18.7 Å². The monoisotopic (exact) mass is 395 g/mol. The van der Waals surface area contributed by atoms with Gasteiger partial charge in [-0.15, -0.1) is 0 Å². The van der Waals surface area contributed by atoms with E-state index in [0.29, 0.717) is 5.57 Å². The molecule has 0 aliphatic heterocycles. The highest BCUT2D eigenvalue weighted by atomic mass is 16.6. The van der Waals surface area contributed by atoms with Crippen molar-refractivity contribution in [3.8, 4) is 0 Å². The van der Waals surface area contributed by atoms with Crippen molar-refractivity contribution in [1.29, 1.82) is 0 Å². The van der Waals surface area contributed by atoms with E-state index in [1.807, 2.05) is 6.92 Å². The van der Waals surface area contributed by atoms with Crippen molar-refractivity contribution in [1.82, 2.24) is 0 Å². The second-order valence-corrected chi connectivity index (χ2v) is 8.63. The number of rotatable bonds is 9. The zero-order valence-corrected chi connectivity index (χ0v) is 19.1. The molecule has 29 heavy (non-hydrogen) atoms. The van der Waals surface area contributed by atoms with Crippen LogP contribution >= 0.6 is 0 Å². The smallest absolute Gasteiger partial charge is 0.176 e. The Kier molecular flexibility index (Phi) is 8.06. The summed E-state index contributed by atoms with van der Waals surface area (Å²) in [5.74, 6) is 0. The Morgan fingerprint density at radius 1 is 0.862 bits per heavy atom. The van der Waals surface area contributed by atoms with Gasteiger partial charge in [0.05, 0.1) is 6.10 Å². The number of nitrogens with zero attached hydrogens (tertiary/aromatic N) is 1. The lowest BCUT2D eigenvalue weighted by molar-refractivity contribution is -0.108. The van der Waals surface area contributed by atoms with Gasteiger partial charge < -0.3 is 14.7 Å². The summed E-state index contributed by atoms with van der Waals surface area (Å²) >= 11 is 0. The third-order valence-corrected chi connectivity index (χ3v) is 5.18. The first-order valence-electron chi connectivity index (χ1n) is 10.5. The van der Waals surface area contributed by atoms with Gasteiger partial charge in [0.1, 0.15) is 0 Å². The van der Waals surface area contributed by atoms with E-state index in [1.54, 1.807) is 6.92 Å². The molecule has 158 valence electrons. The molecule has 0 saturated heterocycles. The van der Waals surface area contributed by atoms with Crippen LogP contribution < -0.4 is 4.90 Å². The summed E-state index contributed by atoms with van der Waals surface area (Å²) in [6.45, 7) is 18.4. The highest BCUT2D eigenvalue weighted by Gasteiger charge is 2.20. The molecule has 3 heteroatoms. The first-order valence-corrected chi connectivity index (χ1v) is 10.5. The number of benzene rings is 2. The zero-order chi connectivity index (χ0) is 21.7. The van der Waals surface area contributed by atoms with Crippen molar-refractivity contribution in [3.63, 3.8) is 0 Å². The van der Waals surface area contributed by atoms with Crippen LogP contribution in [0.4, 0.5) is 11.4 Å². The average Bonchev–Trinajstić information content (AvgIpc) is 2.58. The van der Waals surface area contributed by atoms with Crippen LogP contribution in [0.1, 0.15) is 55.9 Å². The Labute approximate surface area is 177 Å². The van der Waals surface area contributed by atoms with E-state index >= 15 is 0 Å². The third-order valence-electron chi connectivity index (χ3n) is 5.18. The molecule has 0 fully saturated rings. The van der Waals surface area contributed by atoms with E-state index in [0.717, 1.165) is 12.8 Å². The Morgan fingerprint density at radius 2 is 1.28 bits per heavy atom. The lowest BCUT2D eigenvalue weighted by Crippen LogP contribution is -2.30. The molecule has 0 heterocycles. The predicted octanol–water partition coefficient (Wildman–Crippen LogP) is 6.53. The minimum Gasteiger partial charge on any atom is -0.364 e. The summed E-state index contributed by atoms with van der Waals surface area (Å²) in [5, 5.41) is 9.92. The molecule has 0 amide bonds. The Hall–Kier alpha value is -2.10. The maximum absolute atomic E-state index is 9.92. The summed E-state index contributed by atoms with van der Waals surface area (Å²) in [7, 11) is 0. The summed E-state index contributed by atoms with van der Waals surface area (Å²) in [5.41, 5.74) is 8.14. The summed E-state index contributed by atoms with van der Waals surface area (Å²) < 4.78 is 5.67. The van der Waals surface area contributed by atoms with Crippen LogP contribution in [-0.2, 0) is 4.74 Å². The van der Waals surface area contributed by atoms with Gasteiger partial charge >= 0.3 is 0 Å². The van der Waals surface area contributed by atoms with Crippen molar-refractivity contribution < 1.29 is 9.84 Å². The molecule has 0 aliphatic carbocycles. The van der Waals surface area contributed by atoms with E-state index in [4.69, 9.17) is 4.74 Å². The molecule has 0 bridgehead atoms. The van der Waals surface area contributed by atoms with Gasteiger partial charge in [0.15, 0.2) is 6.29 Å². The van der Waals surface area contributed by atoms with Crippen LogP contribution in [0.15, 0.2) is 48.6 Å². The Morgan fingerprint density at radius 3 is 1.66 bits per heavy atom. The number of hydrogen-bond acceptors (Lipinski definition) is 3. The van der Waals surface area contributed by atoms with Crippen molar-refractivity contribution in [2.75, 3.05) is 4.90 Å². The topological polar surface area (TPSA) is 32.7 Å². The summed E-state index contributed by atoms with van der Waals surface area (Å²) in [6.07, 6.45) is 0.876. The molecule has 0 aliphatic rings. The second-order valence-electron chi connectivity index (χ2n) is 8.63. The number of hydrogen-bond donors (Lipinski definition) is 1. The molecule has 3 nitrogen and oxygen atoms in total. The van der Waals surface area contributed by atoms with Gasteiger partial charge in [-0.2, -0.15) is 0 Å². The van der Waals surface area contributed by atoms with Gasteiger partial charge in [0, 0.05) is 17.4 Å². The maximum Gasteiger partial charge on any atom is 0.176 e. The standard InChI is InChI=1S/C26H37NO2/c1-17(2)26(28)29-23(8)10-9-22(7)27(24-13-18(3)11-19(4)14-24)25-15-20(5)12-21(6)16-25/h11-16,22-23,26,28H,1,9-10H2,2-8H3. The Balaban J connectivity index is 2.28. The van der Waals surface area contributed by atoms with Crippen LogP contribution in [0.5, 0.6) is 0 Å². The van der Waals surface area contributed by atoms with Crippen LogP contribution in [0, 0.1) is 27.7 Å². The maximum atomic E-state index is 9.92. The SMILES string of the molecule is C=C(C)C(O)OC(C)CCC(C)N(c1cc(C)cc(C)c1)c1cc(C)cc(C)c1. The van der Waals surface area contributed by atoms with Crippen LogP contribution in [0.25, 0.3) is 0 Å². The third kappa shape index (κ3) is 6.73. The Bertz CT molecular complexity index is 751. The molecular weight excluding hydrogens is 358 g/mol. The molecule has 0 aromatic heterocycles. The quantitative estimate of drug-likeness (QED) is 0.387. The van der Waals surface area contributed by atoms with Gasteiger partial charge in [0.25, 0.3) is 0 Å². The molecule has 0 radical (unpaired) electrons. The van der Waals surface area contributed by atoms with E-state index in [-0.39, 0.29) is 12.1 Å². The van der Waals surface area contributed by atoms with Crippen LogP contribution in [0.2, 0.25) is 0 Å². The molecule has 2 rings (SSSR count). The summed E-state index contributed by atoms with van der Waals surface area (Å²) in [6, 6.07) is 13.7. The number of aliphatic hydroxyl groups is 1. The van der Waals surface area contributed by atoms with Crippen LogP contribution in [0.3, 0.4) is 0 Å². The minimum absolute atomic E-state index is 0.0375. The lowest BCUT2D eigenvalue weighted by Gasteiger charge is -2.33. The number of anilines is 2. The average molecular weight is 396 g/mol. The van der Waals surface area contributed by atoms with Crippen molar-refractivity contribution in [2.24, 2.45) is 0 Å². The number of ether oxygens (including phenoxy) is 1. The fourth-order valence-corrected chi connectivity index (χ4v) is 3.85. The first-order chi connectivity index (χ1) is 13.6. The largest absolute Gasteiger partial charge is 0.364 e. The van der Waals surface area contributed by atoms with Crippen LogP contribution in [-0.4, -0.2) is 23.5 Å². The van der Waals surface area contributed by atoms with E-state index < -0.39 is 6.29 Å². The fourth-order valence-electron chi connectivity index (χ4n) is 3.85. The highest BCUT2D eigenvalue weighted by molar-refractivity contribution is 5.67. The molecular formula is C26H37NO2. The molecule has 3 unspecified atom stereocenters. The first kappa shape index (κ1) is 23.2. The molecule has 1 N–H and O–H groups in total. The van der Waals surface area contributed by atoms with E-state index in [2.05, 4.69) is 82.5 Å². The van der Waals surface area contributed by atoms with Crippen molar-refractivity contribution in [2.45, 2.75) is 79.7 Å².